The number of halogens is 2. The van der Waals surface area contributed by atoms with Crippen molar-refractivity contribution in [2.75, 3.05) is 19.6 Å². The van der Waals surface area contributed by atoms with Crippen molar-refractivity contribution in [1.29, 1.82) is 0 Å². The molecule has 0 radical (unpaired) electrons. The Morgan fingerprint density at radius 1 is 1.20 bits per heavy atom. The molecule has 0 saturated heterocycles. The van der Waals surface area contributed by atoms with Gasteiger partial charge in [-0.05, 0) is 61.6 Å². The third kappa shape index (κ3) is 7.81. The highest BCUT2D eigenvalue weighted by Crippen LogP contribution is 2.06. The van der Waals surface area contributed by atoms with Crippen molar-refractivity contribution in [3.8, 4) is 0 Å². The van der Waals surface area contributed by atoms with Gasteiger partial charge in [0.05, 0.1) is 0 Å². The van der Waals surface area contributed by atoms with Crippen LogP contribution in [-0.2, 0) is 12.8 Å². The molecule has 1 aromatic carbocycles. The summed E-state index contributed by atoms with van der Waals surface area (Å²) in [6, 6.07) is 8.73. The lowest BCUT2D eigenvalue weighted by molar-refractivity contribution is 0.625. The molecule has 1 aromatic heterocycles. The van der Waals surface area contributed by atoms with Crippen molar-refractivity contribution >= 4 is 29.9 Å². The second kappa shape index (κ2) is 11.8. The highest BCUT2D eigenvalue weighted by molar-refractivity contribution is 14.0. The molecule has 25 heavy (non-hydrogen) atoms. The highest BCUT2D eigenvalue weighted by atomic mass is 127. The van der Waals surface area contributed by atoms with Gasteiger partial charge in [-0.1, -0.05) is 12.1 Å². The fourth-order valence-electron chi connectivity index (χ4n) is 2.43. The summed E-state index contributed by atoms with van der Waals surface area (Å²) < 4.78 is 13.2. The molecule has 0 unspecified atom stereocenters. The summed E-state index contributed by atoms with van der Waals surface area (Å²) in [5.74, 6) is 0.599. The molecule has 0 saturated carbocycles. The Hall–Kier alpha value is -1.70. The van der Waals surface area contributed by atoms with E-state index in [0.717, 1.165) is 30.9 Å². The summed E-state index contributed by atoms with van der Waals surface area (Å²) in [7, 11) is 0. The largest absolute Gasteiger partial charge is 0.357 e. The van der Waals surface area contributed by atoms with Crippen molar-refractivity contribution in [1.82, 2.24) is 15.6 Å². The number of rotatable bonds is 7. The minimum absolute atomic E-state index is 0. The standard InChI is InChI=1S/C19H25FN4.HI/c1-3-22-19(23-11-7-16-5-4-6-18(20)13-16)24-12-9-17-8-10-21-14-15(17)2;/h4-6,8,10,13-14H,3,7,9,11-12H2,1-2H3,(H2,22,23,24);1H. The Bertz CT molecular complexity index is 676. The zero-order valence-corrected chi connectivity index (χ0v) is 17.1. The van der Waals surface area contributed by atoms with Crippen LogP contribution in [0.2, 0.25) is 0 Å². The number of nitrogens with zero attached hydrogens (tertiary/aromatic N) is 2. The molecular formula is C19H26FIN4. The number of aryl methyl sites for hydroxylation is 1. The van der Waals surface area contributed by atoms with Crippen LogP contribution in [0, 0.1) is 12.7 Å². The molecule has 2 aromatic rings. The number of aliphatic imine (C=N–C) groups is 1. The molecule has 0 bridgehead atoms. The molecule has 4 nitrogen and oxygen atoms in total. The number of benzene rings is 1. The van der Waals surface area contributed by atoms with Crippen molar-refractivity contribution < 1.29 is 4.39 Å². The van der Waals surface area contributed by atoms with Crippen molar-refractivity contribution in [2.24, 2.45) is 4.99 Å². The Balaban J connectivity index is 0.00000312. The fraction of sp³-hybridized carbons (Fsp3) is 0.368. The summed E-state index contributed by atoms with van der Waals surface area (Å²) in [6.07, 6.45) is 5.33. The molecule has 0 atom stereocenters. The van der Waals surface area contributed by atoms with Gasteiger partial charge in [0, 0.05) is 32.0 Å². The van der Waals surface area contributed by atoms with Gasteiger partial charge in [0.2, 0.25) is 0 Å². The van der Waals surface area contributed by atoms with Crippen LogP contribution in [0.4, 0.5) is 4.39 Å². The molecule has 2 N–H and O–H groups in total. The number of aromatic nitrogens is 1. The van der Waals surface area contributed by atoms with Crippen LogP contribution in [0.3, 0.4) is 0 Å². The van der Waals surface area contributed by atoms with Gasteiger partial charge in [0.1, 0.15) is 5.82 Å². The van der Waals surface area contributed by atoms with Gasteiger partial charge in [0.25, 0.3) is 0 Å². The van der Waals surface area contributed by atoms with Crippen LogP contribution < -0.4 is 10.6 Å². The van der Waals surface area contributed by atoms with E-state index >= 15 is 0 Å². The predicted molar refractivity (Wildman–Crippen MR) is 112 cm³/mol. The summed E-state index contributed by atoms with van der Waals surface area (Å²) in [4.78, 5) is 8.70. The third-order valence-electron chi connectivity index (χ3n) is 3.73. The first-order chi connectivity index (χ1) is 11.7. The quantitative estimate of drug-likeness (QED) is 0.381. The minimum Gasteiger partial charge on any atom is -0.357 e. The Labute approximate surface area is 166 Å². The van der Waals surface area contributed by atoms with Gasteiger partial charge < -0.3 is 10.6 Å². The molecular weight excluding hydrogens is 430 g/mol. The van der Waals surface area contributed by atoms with Gasteiger partial charge in [0.15, 0.2) is 5.96 Å². The van der Waals surface area contributed by atoms with E-state index in [1.807, 2.05) is 31.5 Å². The van der Waals surface area contributed by atoms with Crippen LogP contribution in [0.5, 0.6) is 0 Å². The smallest absolute Gasteiger partial charge is 0.191 e. The maximum atomic E-state index is 13.2. The van der Waals surface area contributed by atoms with Crippen LogP contribution in [-0.4, -0.2) is 30.6 Å². The third-order valence-corrected chi connectivity index (χ3v) is 3.73. The number of hydrogen-bond acceptors (Lipinski definition) is 2. The molecule has 136 valence electrons. The first-order valence-corrected chi connectivity index (χ1v) is 8.35. The fourth-order valence-corrected chi connectivity index (χ4v) is 2.43. The SMILES string of the molecule is CCNC(=NCCc1ccncc1C)NCCc1cccc(F)c1.I. The lowest BCUT2D eigenvalue weighted by Crippen LogP contribution is -2.38. The zero-order chi connectivity index (χ0) is 17.2. The van der Waals surface area contributed by atoms with E-state index in [4.69, 9.17) is 0 Å². The molecule has 0 amide bonds. The Morgan fingerprint density at radius 3 is 2.76 bits per heavy atom. The molecule has 0 spiro atoms. The maximum Gasteiger partial charge on any atom is 0.191 e. The average molecular weight is 456 g/mol. The van der Waals surface area contributed by atoms with E-state index in [-0.39, 0.29) is 29.8 Å². The minimum atomic E-state index is -0.194. The topological polar surface area (TPSA) is 49.3 Å². The second-order valence-corrected chi connectivity index (χ2v) is 5.62. The summed E-state index contributed by atoms with van der Waals surface area (Å²) in [6.45, 7) is 6.33. The molecule has 2 rings (SSSR count). The lowest BCUT2D eigenvalue weighted by Gasteiger charge is -2.11. The number of nitrogens with one attached hydrogen (secondary N) is 2. The Morgan fingerprint density at radius 2 is 2.04 bits per heavy atom. The summed E-state index contributed by atoms with van der Waals surface area (Å²) in [5.41, 5.74) is 3.44. The van der Waals surface area contributed by atoms with E-state index in [0.29, 0.717) is 13.1 Å². The van der Waals surface area contributed by atoms with Gasteiger partial charge in [-0.15, -0.1) is 24.0 Å². The normalized spacial score (nSPS) is 10.9. The average Bonchev–Trinajstić information content (AvgIpc) is 2.57. The predicted octanol–water partition coefficient (Wildman–Crippen LogP) is 3.49. The van der Waals surface area contributed by atoms with E-state index in [9.17, 15) is 4.39 Å². The first-order valence-electron chi connectivity index (χ1n) is 8.35. The van der Waals surface area contributed by atoms with E-state index in [2.05, 4.69) is 27.5 Å². The van der Waals surface area contributed by atoms with Crippen molar-refractivity contribution in [3.05, 3.63) is 65.2 Å². The molecule has 1 heterocycles. The summed E-state index contributed by atoms with van der Waals surface area (Å²) in [5, 5.41) is 6.53. The molecule has 0 aliphatic heterocycles. The molecule has 0 fully saturated rings. The van der Waals surface area contributed by atoms with Crippen LogP contribution in [0.1, 0.15) is 23.6 Å². The number of pyridine rings is 1. The zero-order valence-electron chi connectivity index (χ0n) is 14.8. The maximum absolute atomic E-state index is 13.2. The molecule has 0 aliphatic carbocycles. The van der Waals surface area contributed by atoms with Crippen LogP contribution in [0.15, 0.2) is 47.7 Å². The van der Waals surface area contributed by atoms with Crippen LogP contribution in [0.25, 0.3) is 0 Å². The van der Waals surface area contributed by atoms with E-state index in [1.54, 1.807) is 12.1 Å². The second-order valence-electron chi connectivity index (χ2n) is 5.62. The van der Waals surface area contributed by atoms with Gasteiger partial charge >= 0.3 is 0 Å². The highest BCUT2D eigenvalue weighted by Gasteiger charge is 2.00. The van der Waals surface area contributed by atoms with Crippen molar-refractivity contribution in [2.45, 2.75) is 26.7 Å². The number of hydrogen-bond donors (Lipinski definition) is 2. The van der Waals surface area contributed by atoms with Crippen LogP contribution >= 0.6 is 24.0 Å². The lowest BCUT2D eigenvalue weighted by atomic mass is 10.1. The number of guanidine groups is 1. The Kier molecular flexibility index (Phi) is 10.1. The van der Waals surface area contributed by atoms with Gasteiger partial charge in [-0.3, -0.25) is 9.98 Å². The molecule has 0 aliphatic rings. The first kappa shape index (κ1) is 21.3. The van der Waals surface area contributed by atoms with Crippen molar-refractivity contribution in [3.63, 3.8) is 0 Å². The van der Waals surface area contributed by atoms with Gasteiger partial charge in [-0.2, -0.15) is 0 Å². The van der Waals surface area contributed by atoms with E-state index in [1.165, 1.54) is 17.2 Å². The van der Waals surface area contributed by atoms with E-state index < -0.39 is 0 Å². The summed E-state index contributed by atoms with van der Waals surface area (Å²) >= 11 is 0. The monoisotopic (exact) mass is 456 g/mol. The van der Waals surface area contributed by atoms with Gasteiger partial charge in [-0.25, -0.2) is 4.39 Å². The molecule has 6 heteroatoms.